The maximum Gasteiger partial charge on any atom is 1.00 e. The van der Waals surface area contributed by atoms with Gasteiger partial charge in [-0.2, -0.15) is 17.7 Å². The Kier molecular flexibility index (Phi) is 2.89. The molecule has 42 valence electrons. The molecule has 0 N–H and O–H groups in total. The average molecular weight is 143 g/mol. The van der Waals surface area contributed by atoms with Crippen molar-refractivity contribution in [1.29, 1.82) is 0 Å². The van der Waals surface area contributed by atoms with Crippen molar-refractivity contribution in [2.75, 3.05) is 0 Å². The van der Waals surface area contributed by atoms with Crippen LogP contribution in [0.25, 0.3) is 0 Å². The van der Waals surface area contributed by atoms with Crippen LogP contribution in [0.15, 0.2) is 24.3 Å². The van der Waals surface area contributed by atoms with Crippen LogP contribution in [0.3, 0.4) is 0 Å². The van der Waals surface area contributed by atoms with Crippen molar-refractivity contribution in [3.8, 4) is 0 Å². The van der Waals surface area contributed by atoms with E-state index in [9.17, 15) is 0 Å². The predicted molar refractivity (Wildman–Crippen MR) is 26.8 cm³/mol. The van der Waals surface area contributed by atoms with Crippen LogP contribution in [-0.4, -0.2) is 0 Å². The summed E-state index contributed by atoms with van der Waals surface area (Å²) in [6.07, 6.45) is 0. The molecule has 1 rings (SSSR count). The van der Waals surface area contributed by atoms with Crippen molar-refractivity contribution in [1.82, 2.24) is 0 Å². The normalized spacial score (nSPS) is 7.57. The third-order valence-corrected chi connectivity index (χ3v) is 0.829. The molecule has 0 bridgehead atoms. The van der Waals surface area contributed by atoms with Gasteiger partial charge in [0.2, 0.25) is 0 Å². The fourth-order valence-corrected chi connectivity index (χ4v) is 0.470. The van der Waals surface area contributed by atoms with Crippen LogP contribution in [0.2, 0.25) is 0 Å². The monoisotopic (exact) mass is 142 g/mol. The molecule has 1 heteroatoms. The van der Waals surface area contributed by atoms with Crippen molar-refractivity contribution < 1.29 is 17.1 Å². The van der Waals surface area contributed by atoms with Gasteiger partial charge in [-0.1, -0.05) is 6.92 Å². The van der Waals surface area contributed by atoms with Gasteiger partial charge in [0.05, 0.1) is 0 Å². The van der Waals surface area contributed by atoms with E-state index in [1.807, 2.05) is 12.1 Å². The van der Waals surface area contributed by atoms with E-state index in [1.165, 1.54) is 5.56 Å². The summed E-state index contributed by atoms with van der Waals surface area (Å²) in [4.78, 5) is 0. The molecule has 1 aromatic carbocycles. The summed E-state index contributed by atoms with van der Waals surface area (Å²) in [6.45, 7) is 2.08. The molecule has 0 fully saturated rings. The van der Waals surface area contributed by atoms with Crippen molar-refractivity contribution in [3.05, 3.63) is 29.8 Å². The van der Waals surface area contributed by atoms with Crippen molar-refractivity contribution in [2.24, 2.45) is 0 Å². The summed E-state index contributed by atoms with van der Waals surface area (Å²) in [5, 5.41) is 0. The molecule has 0 nitrogen and oxygen atoms in total. The Morgan fingerprint density at radius 1 is 1.57 bits per heavy atom. The molecule has 0 heterocycles. The van der Waals surface area contributed by atoms with E-state index in [0.717, 1.165) is 0 Å². The Balaban J connectivity index is 0.000000360. The van der Waals surface area contributed by atoms with E-state index in [0.29, 0.717) is 0 Å². The zero-order valence-electron chi connectivity index (χ0n) is 4.11. The second-order valence-corrected chi connectivity index (χ2v) is 1.46. The van der Waals surface area contributed by atoms with Gasteiger partial charge in [0.25, 0.3) is 0 Å². The quantitative estimate of drug-likeness (QED) is 0.382. The van der Waals surface area contributed by atoms with Crippen LogP contribution >= 0.6 is 0 Å². The molecule has 0 aliphatic heterocycles. The van der Waals surface area contributed by atoms with Crippen LogP contribution in [0, 0.1) is 6.92 Å². The molecule has 0 aliphatic carbocycles. The fraction of sp³-hybridized carbons (Fsp3) is 0.167. The molecule has 0 amide bonds. The maximum absolute atomic E-state index is 2.08. The summed E-state index contributed by atoms with van der Waals surface area (Å²) < 4.78 is 0. The van der Waals surface area contributed by atoms with Crippen LogP contribution in [0.4, 0.5) is 0 Å². The third-order valence-electron chi connectivity index (χ3n) is 0.829. The van der Waals surface area contributed by atoms with Gasteiger partial charge in [-0.3, -0.25) is 0 Å². The SMILES string of the molecule is Cc1ccc[cH-]1.[Cu+]. The predicted octanol–water partition coefficient (Wildman–Crippen LogP) is 1.71. The average Bonchev–Trinajstić information content (AvgIpc) is 1.86. The minimum atomic E-state index is 0. The van der Waals surface area contributed by atoms with Gasteiger partial charge in [-0.15, -0.1) is 0 Å². The Bertz CT molecular complexity index is 108. The minimum absolute atomic E-state index is 0. The first-order chi connectivity index (χ1) is 2.89. The van der Waals surface area contributed by atoms with Crippen LogP contribution < -0.4 is 0 Å². The van der Waals surface area contributed by atoms with Crippen molar-refractivity contribution in [3.63, 3.8) is 0 Å². The first-order valence-electron chi connectivity index (χ1n) is 2.08. The second kappa shape index (κ2) is 2.95. The third kappa shape index (κ3) is 1.86. The molecule has 0 radical (unpaired) electrons. The Morgan fingerprint density at radius 2 is 2.29 bits per heavy atom. The van der Waals surface area contributed by atoms with Gasteiger partial charge in [0.15, 0.2) is 0 Å². The van der Waals surface area contributed by atoms with Gasteiger partial charge in [-0.05, 0) is 0 Å². The van der Waals surface area contributed by atoms with Gasteiger partial charge < -0.3 is 0 Å². The van der Waals surface area contributed by atoms with Gasteiger partial charge >= 0.3 is 17.1 Å². The molecular formula is C6H7Cu. The Labute approximate surface area is 54.4 Å². The van der Waals surface area contributed by atoms with E-state index < -0.39 is 0 Å². The molecule has 0 atom stereocenters. The van der Waals surface area contributed by atoms with Crippen molar-refractivity contribution >= 4 is 0 Å². The molecule has 0 aliphatic rings. The van der Waals surface area contributed by atoms with E-state index in [4.69, 9.17) is 0 Å². The Morgan fingerprint density at radius 3 is 2.43 bits per heavy atom. The summed E-state index contributed by atoms with van der Waals surface area (Å²) in [5.41, 5.74) is 1.34. The van der Waals surface area contributed by atoms with Gasteiger partial charge in [-0.25, -0.2) is 12.1 Å². The molecule has 0 aromatic heterocycles. The summed E-state index contributed by atoms with van der Waals surface area (Å²) in [6, 6.07) is 8.24. The number of hydrogen-bond donors (Lipinski definition) is 0. The van der Waals surface area contributed by atoms with Crippen LogP contribution in [-0.2, 0) is 17.1 Å². The number of rotatable bonds is 0. The number of hydrogen-bond acceptors (Lipinski definition) is 0. The van der Waals surface area contributed by atoms with Crippen LogP contribution in [0.1, 0.15) is 5.56 Å². The second-order valence-electron chi connectivity index (χ2n) is 1.46. The number of aryl methyl sites for hydroxylation is 1. The molecule has 0 spiro atoms. The molecular weight excluding hydrogens is 136 g/mol. The first-order valence-corrected chi connectivity index (χ1v) is 2.08. The standard InChI is InChI=1S/C6H7.Cu/c1-6-4-2-3-5-6;/h2-5H,1H3;/q-1;+1. The summed E-state index contributed by atoms with van der Waals surface area (Å²) >= 11 is 0. The Hall–Kier alpha value is -0.131. The van der Waals surface area contributed by atoms with E-state index >= 15 is 0 Å². The van der Waals surface area contributed by atoms with Crippen LogP contribution in [0.5, 0.6) is 0 Å². The zero-order chi connectivity index (χ0) is 4.41. The molecule has 0 saturated carbocycles. The topological polar surface area (TPSA) is 0 Å². The molecule has 1 aromatic rings. The fourth-order valence-electron chi connectivity index (χ4n) is 0.470. The summed E-state index contributed by atoms with van der Waals surface area (Å²) in [7, 11) is 0. The van der Waals surface area contributed by atoms with E-state index in [-0.39, 0.29) is 17.1 Å². The van der Waals surface area contributed by atoms with Gasteiger partial charge in [0.1, 0.15) is 0 Å². The molecule has 0 unspecified atom stereocenters. The van der Waals surface area contributed by atoms with E-state index in [2.05, 4.69) is 19.1 Å². The maximum atomic E-state index is 2.08. The largest absolute Gasteiger partial charge is 1.00 e. The van der Waals surface area contributed by atoms with E-state index in [1.54, 1.807) is 0 Å². The zero-order valence-corrected chi connectivity index (χ0v) is 5.05. The summed E-state index contributed by atoms with van der Waals surface area (Å²) in [5.74, 6) is 0. The first kappa shape index (κ1) is 6.87. The molecule has 7 heavy (non-hydrogen) atoms. The van der Waals surface area contributed by atoms with Crippen molar-refractivity contribution in [2.45, 2.75) is 6.92 Å². The van der Waals surface area contributed by atoms with Gasteiger partial charge in [0, 0.05) is 0 Å². The molecule has 0 saturated heterocycles. The minimum Gasteiger partial charge on any atom is -0.213 e. The smallest absolute Gasteiger partial charge is 0.213 e.